The Kier molecular flexibility index (Phi) is 5.07. The molecule has 1 amide bonds. The van der Waals surface area contributed by atoms with Crippen LogP contribution in [0, 0.1) is 11.7 Å². The van der Waals surface area contributed by atoms with Gasteiger partial charge in [0.15, 0.2) is 0 Å². The summed E-state index contributed by atoms with van der Waals surface area (Å²) < 4.78 is 13.3. The molecule has 1 saturated carbocycles. The molecule has 6 heteroatoms. The molecule has 130 valence electrons. The molecule has 3 rings (SSSR count). The molecule has 1 aliphatic carbocycles. The van der Waals surface area contributed by atoms with Gasteiger partial charge < -0.3 is 10.4 Å². The molecule has 1 aliphatic rings. The van der Waals surface area contributed by atoms with Crippen LogP contribution in [-0.2, 0) is 4.79 Å². The molecule has 2 N–H and O–H groups in total. The van der Waals surface area contributed by atoms with Crippen LogP contribution in [0.1, 0.15) is 36.0 Å². The van der Waals surface area contributed by atoms with E-state index in [0.717, 1.165) is 12.8 Å². The molecule has 1 fully saturated rings. The van der Waals surface area contributed by atoms with Gasteiger partial charge in [-0.3, -0.25) is 14.6 Å². The van der Waals surface area contributed by atoms with Crippen molar-refractivity contribution in [1.29, 1.82) is 0 Å². The van der Waals surface area contributed by atoms with Crippen LogP contribution in [0.5, 0.6) is 0 Å². The first kappa shape index (κ1) is 17.1. The normalized spacial score (nSPS) is 20.0. The fourth-order valence-corrected chi connectivity index (χ4v) is 3.16. The van der Waals surface area contributed by atoms with Crippen molar-refractivity contribution in [2.24, 2.45) is 5.92 Å². The highest BCUT2D eigenvalue weighted by molar-refractivity contribution is 5.94. The predicted octanol–water partition coefficient (Wildman–Crippen LogP) is 3.26. The summed E-state index contributed by atoms with van der Waals surface area (Å²) in [5.41, 5.74) is 1.63. The first-order valence-corrected chi connectivity index (χ1v) is 8.28. The van der Waals surface area contributed by atoms with Crippen molar-refractivity contribution in [3.05, 3.63) is 54.0 Å². The van der Waals surface area contributed by atoms with Gasteiger partial charge >= 0.3 is 5.97 Å². The summed E-state index contributed by atoms with van der Waals surface area (Å²) in [7, 11) is 0. The highest BCUT2D eigenvalue weighted by Gasteiger charge is 2.28. The molecule has 0 unspecified atom stereocenters. The number of carboxylic acids is 1. The lowest BCUT2D eigenvalue weighted by Crippen LogP contribution is -2.39. The molecule has 5 nitrogen and oxygen atoms in total. The topological polar surface area (TPSA) is 79.3 Å². The SMILES string of the molecule is O=C(N[C@@H]1CCC[C@@H](C(=O)O)C1)c1ccc(-c2cccc(F)c2)nc1. The van der Waals surface area contributed by atoms with Gasteiger partial charge in [-0.1, -0.05) is 18.6 Å². The van der Waals surface area contributed by atoms with E-state index < -0.39 is 11.9 Å². The summed E-state index contributed by atoms with van der Waals surface area (Å²) in [6.07, 6.45) is 4.14. The third-order valence-electron chi connectivity index (χ3n) is 4.50. The number of pyridine rings is 1. The summed E-state index contributed by atoms with van der Waals surface area (Å²) >= 11 is 0. The lowest BCUT2D eigenvalue weighted by atomic mass is 9.85. The second-order valence-corrected chi connectivity index (χ2v) is 6.31. The Morgan fingerprint density at radius 3 is 2.72 bits per heavy atom. The van der Waals surface area contributed by atoms with Gasteiger partial charge in [0.05, 0.1) is 17.2 Å². The number of hydrogen-bond donors (Lipinski definition) is 2. The molecule has 0 saturated heterocycles. The summed E-state index contributed by atoms with van der Waals surface area (Å²) in [4.78, 5) is 27.7. The van der Waals surface area contributed by atoms with Crippen LogP contribution in [0.2, 0.25) is 0 Å². The zero-order valence-electron chi connectivity index (χ0n) is 13.6. The van der Waals surface area contributed by atoms with Crippen molar-refractivity contribution in [2.75, 3.05) is 0 Å². The van der Waals surface area contributed by atoms with Gasteiger partial charge in [0.25, 0.3) is 5.91 Å². The molecule has 2 atom stereocenters. The molecule has 0 aliphatic heterocycles. The van der Waals surface area contributed by atoms with Crippen LogP contribution in [0.15, 0.2) is 42.6 Å². The van der Waals surface area contributed by atoms with Crippen LogP contribution in [0.4, 0.5) is 4.39 Å². The first-order valence-electron chi connectivity index (χ1n) is 8.28. The van der Waals surface area contributed by atoms with Crippen molar-refractivity contribution in [1.82, 2.24) is 10.3 Å². The first-order chi connectivity index (χ1) is 12.0. The number of halogens is 1. The Balaban J connectivity index is 1.66. The van der Waals surface area contributed by atoms with Crippen LogP contribution >= 0.6 is 0 Å². The van der Waals surface area contributed by atoms with Crippen LogP contribution in [-0.4, -0.2) is 28.0 Å². The number of carboxylic acid groups (broad SMARTS) is 1. The Morgan fingerprint density at radius 2 is 2.04 bits per heavy atom. The van der Waals surface area contributed by atoms with E-state index in [4.69, 9.17) is 5.11 Å². The minimum Gasteiger partial charge on any atom is -0.481 e. The largest absolute Gasteiger partial charge is 0.481 e. The maximum absolute atomic E-state index is 13.3. The summed E-state index contributed by atoms with van der Waals surface area (Å²) in [5, 5.41) is 12.0. The monoisotopic (exact) mass is 342 g/mol. The third kappa shape index (κ3) is 4.21. The molecule has 25 heavy (non-hydrogen) atoms. The second kappa shape index (κ2) is 7.42. The van der Waals surface area contributed by atoms with Crippen molar-refractivity contribution < 1.29 is 19.1 Å². The number of nitrogens with zero attached hydrogens (tertiary/aromatic N) is 1. The van der Waals surface area contributed by atoms with Gasteiger partial charge in [0, 0.05) is 17.8 Å². The molecule has 0 spiro atoms. The van der Waals surface area contributed by atoms with E-state index in [2.05, 4.69) is 10.3 Å². The number of aliphatic carboxylic acids is 1. The summed E-state index contributed by atoms with van der Waals surface area (Å²) in [5.74, 6) is -1.81. The number of benzene rings is 1. The quantitative estimate of drug-likeness (QED) is 0.894. The zero-order chi connectivity index (χ0) is 17.8. The number of carbonyl (C=O) groups excluding carboxylic acids is 1. The fourth-order valence-electron chi connectivity index (χ4n) is 3.16. The Morgan fingerprint density at radius 1 is 1.20 bits per heavy atom. The Hall–Kier alpha value is -2.76. The number of nitrogens with one attached hydrogen (secondary N) is 1. The van der Waals surface area contributed by atoms with E-state index in [1.807, 2.05) is 0 Å². The van der Waals surface area contributed by atoms with Crippen molar-refractivity contribution >= 4 is 11.9 Å². The molecule has 1 aromatic heterocycles. The van der Waals surface area contributed by atoms with E-state index in [1.54, 1.807) is 24.3 Å². The van der Waals surface area contributed by atoms with E-state index in [9.17, 15) is 14.0 Å². The highest BCUT2D eigenvalue weighted by atomic mass is 19.1. The fraction of sp³-hybridized carbons (Fsp3) is 0.316. The molecule has 1 heterocycles. The van der Waals surface area contributed by atoms with Crippen molar-refractivity contribution in [3.63, 3.8) is 0 Å². The van der Waals surface area contributed by atoms with Gasteiger partial charge in [-0.2, -0.15) is 0 Å². The minimum atomic E-state index is -0.805. The van der Waals surface area contributed by atoms with E-state index >= 15 is 0 Å². The molecule has 2 aromatic rings. The molecule has 0 bridgehead atoms. The number of aromatic nitrogens is 1. The number of amides is 1. The average molecular weight is 342 g/mol. The molecule has 1 aromatic carbocycles. The average Bonchev–Trinajstić information content (AvgIpc) is 2.62. The zero-order valence-corrected chi connectivity index (χ0v) is 13.6. The minimum absolute atomic E-state index is 0.134. The van der Waals surface area contributed by atoms with Crippen molar-refractivity contribution in [2.45, 2.75) is 31.7 Å². The van der Waals surface area contributed by atoms with E-state index in [1.165, 1.54) is 18.3 Å². The van der Waals surface area contributed by atoms with Crippen LogP contribution in [0.25, 0.3) is 11.3 Å². The lowest BCUT2D eigenvalue weighted by Gasteiger charge is -2.27. The molecule has 0 radical (unpaired) electrons. The van der Waals surface area contributed by atoms with Gasteiger partial charge in [0.2, 0.25) is 0 Å². The third-order valence-corrected chi connectivity index (χ3v) is 4.50. The lowest BCUT2D eigenvalue weighted by molar-refractivity contribution is -0.143. The molecular weight excluding hydrogens is 323 g/mol. The second-order valence-electron chi connectivity index (χ2n) is 6.31. The number of rotatable bonds is 4. The van der Waals surface area contributed by atoms with Gasteiger partial charge in [-0.15, -0.1) is 0 Å². The number of hydrogen-bond acceptors (Lipinski definition) is 3. The predicted molar refractivity (Wildman–Crippen MR) is 90.5 cm³/mol. The summed E-state index contributed by atoms with van der Waals surface area (Å²) in [6.45, 7) is 0. The number of carbonyl (C=O) groups is 2. The highest BCUT2D eigenvalue weighted by Crippen LogP contribution is 2.25. The summed E-state index contributed by atoms with van der Waals surface area (Å²) in [6, 6.07) is 9.28. The van der Waals surface area contributed by atoms with Crippen LogP contribution < -0.4 is 5.32 Å². The molecular formula is C19H19FN2O3. The maximum Gasteiger partial charge on any atom is 0.306 e. The maximum atomic E-state index is 13.3. The van der Waals surface area contributed by atoms with Crippen molar-refractivity contribution in [3.8, 4) is 11.3 Å². The van der Waals surface area contributed by atoms with E-state index in [-0.39, 0.29) is 17.8 Å². The van der Waals surface area contributed by atoms with Gasteiger partial charge in [-0.05, 0) is 43.5 Å². The standard InChI is InChI=1S/C19H19FN2O3/c20-15-5-1-3-12(9-15)17-8-7-14(11-21-17)18(23)22-16-6-2-4-13(10-16)19(24)25/h1,3,5,7-9,11,13,16H,2,4,6,10H2,(H,22,23)(H,24,25)/t13-,16-/m1/s1. The van der Waals surface area contributed by atoms with Gasteiger partial charge in [-0.25, -0.2) is 4.39 Å². The Labute approximate surface area is 144 Å². The van der Waals surface area contributed by atoms with Gasteiger partial charge in [0.1, 0.15) is 5.82 Å². The van der Waals surface area contributed by atoms with E-state index in [0.29, 0.717) is 29.7 Å². The smallest absolute Gasteiger partial charge is 0.306 e. The Bertz CT molecular complexity index is 776. The van der Waals surface area contributed by atoms with Crippen LogP contribution in [0.3, 0.4) is 0 Å².